The molecule has 0 amide bonds. The minimum absolute atomic E-state index is 0.172. The minimum atomic E-state index is -0.186. The first kappa shape index (κ1) is 18.5. The van der Waals surface area contributed by atoms with Crippen molar-refractivity contribution in [1.82, 2.24) is 0 Å². The van der Waals surface area contributed by atoms with E-state index in [-0.39, 0.29) is 17.4 Å². The van der Waals surface area contributed by atoms with Crippen LogP contribution in [0.4, 0.5) is 0 Å². The second-order valence-electron chi connectivity index (χ2n) is 9.01. The fourth-order valence-corrected chi connectivity index (χ4v) is 5.11. The van der Waals surface area contributed by atoms with Crippen LogP contribution in [0.15, 0.2) is 54.6 Å². The molecule has 0 radical (unpaired) electrons. The number of aliphatic hydroxyl groups is 2. The third-order valence-electron chi connectivity index (χ3n) is 6.76. The monoisotopic (exact) mass is 366 g/mol. The zero-order valence-electron chi connectivity index (χ0n) is 16.1. The zero-order chi connectivity index (χ0) is 18.9. The van der Waals surface area contributed by atoms with Gasteiger partial charge >= 0.3 is 0 Å². The lowest BCUT2D eigenvalue weighted by Crippen LogP contribution is -2.29. The molecule has 144 valence electrons. The molecule has 2 aliphatic rings. The van der Waals surface area contributed by atoms with Gasteiger partial charge < -0.3 is 14.9 Å². The Bertz CT molecular complexity index is 774. The third kappa shape index (κ3) is 3.90. The first-order chi connectivity index (χ1) is 13.1. The summed E-state index contributed by atoms with van der Waals surface area (Å²) in [5, 5.41) is 19.7. The lowest BCUT2D eigenvalue weighted by Gasteiger charge is -2.31. The van der Waals surface area contributed by atoms with Crippen LogP contribution in [-0.2, 0) is 5.41 Å². The summed E-state index contributed by atoms with van der Waals surface area (Å²) in [6, 6.07) is 18.1. The minimum Gasteiger partial charge on any atom is -0.457 e. The van der Waals surface area contributed by atoms with Crippen molar-refractivity contribution in [1.29, 1.82) is 0 Å². The fraction of sp³-hybridized carbons (Fsp3) is 0.500. The molecule has 0 bridgehead atoms. The maximum Gasteiger partial charge on any atom is 0.127 e. The smallest absolute Gasteiger partial charge is 0.127 e. The van der Waals surface area contributed by atoms with E-state index in [0.717, 1.165) is 30.8 Å². The van der Waals surface area contributed by atoms with Gasteiger partial charge in [-0.25, -0.2) is 0 Å². The van der Waals surface area contributed by atoms with Crippen LogP contribution in [0, 0.1) is 17.3 Å². The first-order valence-corrected chi connectivity index (χ1v) is 10.1. The van der Waals surface area contributed by atoms with Gasteiger partial charge in [0.25, 0.3) is 0 Å². The number of hydrogen-bond donors (Lipinski definition) is 2. The molecule has 0 aliphatic heterocycles. The van der Waals surface area contributed by atoms with Gasteiger partial charge in [-0.15, -0.1) is 0 Å². The van der Waals surface area contributed by atoms with Gasteiger partial charge in [0.1, 0.15) is 11.5 Å². The molecule has 0 heterocycles. The number of ether oxygens (including phenoxy) is 1. The van der Waals surface area contributed by atoms with E-state index in [1.165, 1.54) is 18.4 Å². The van der Waals surface area contributed by atoms with E-state index in [1.54, 1.807) is 0 Å². The molecule has 0 aromatic heterocycles. The lowest BCUT2D eigenvalue weighted by molar-refractivity contribution is 0.172. The highest BCUT2D eigenvalue weighted by Crippen LogP contribution is 2.57. The maximum atomic E-state index is 10.3. The Kier molecular flexibility index (Phi) is 5.00. The second-order valence-corrected chi connectivity index (χ2v) is 9.01. The molecular formula is C24H30O3. The second kappa shape index (κ2) is 7.29. The molecule has 0 saturated heterocycles. The van der Waals surface area contributed by atoms with Crippen molar-refractivity contribution in [3.8, 4) is 11.5 Å². The zero-order valence-corrected chi connectivity index (χ0v) is 16.1. The summed E-state index contributed by atoms with van der Waals surface area (Å²) in [7, 11) is 0. The molecule has 2 saturated carbocycles. The Hall–Kier alpha value is -1.84. The van der Waals surface area contributed by atoms with E-state index in [2.05, 4.69) is 19.1 Å². The van der Waals surface area contributed by atoms with Gasteiger partial charge in [-0.3, -0.25) is 0 Å². The van der Waals surface area contributed by atoms with E-state index >= 15 is 0 Å². The van der Waals surface area contributed by atoms with E-state index < -0.39 is 0 Å². The van der Waals surface area contributed by atoms with Gasteiger partial charge in [-0.1, -0.05) is 37.3 Å². The fourth-order valence-electron chi connectivity index (χ4n) is 5.11. The maximum absolute atomic E-state index is 10.3. The van der Waals surface area contributed by atoms with Gasteiger partial charge in [-0.05, 0) is 79.2 Å². The molecule has 2 aliphatic carbocycles. The van der Waals surface area contributed by atoms with E-state index in [9.17, 15) is 10.2 Å². The van der Waals surface area contributed by atoms with Crippen LogP contribution in [0.2, 0.25) is 0 Å². The summed E-state index contributed by atoms with van der Waals surface area (Å²) in [6.07, 6.45) is 5.47. The normalized spacial score (nSPS) is 32.4. The summed E-state index contributed by atoms with van der Waals surface area (Å²) in [6.45, 7) is 2.86. The molecular weight excluding hydrogens is 336 g/mol. The molecule has 4 rings (SSSR count). The Morgan fingerprint density at radius 1 is 0.963 bits per heavy atom. The molecule has 3 heteroatoms. The highest BCUT2D eigenvalue weighted by molar-refractivity contribution is 5.38. The summed E-state index contributed by atoms with van der Waals surface area (Å²) in [5.74, 6) is 2.83. The average Bonchev–Trinajstić information content (AvgIpc) is 3.34. The van der Waals surface area contributed by atoms with Crippen molar-refractivity contribution in [3.63, 3.8) is 0 Å². The predicted molar refractivity (Wildman–Crippen MR) is 107 cm³/mol. The molecule has 4 atom stereocenters. The first-order valence-electron chi connectivity index (χ1n) is 10.1. The topological polar surface area (TPSA) is 49.7 Å². The Morgan fingerprint density at radius 2 is 1.74 bits per heavy atom. The van der Waals surface area contributed by atoms with Crippen LogP contribution >= 0.6 is 0 Å². The average molecular weight is 367 g/mol. The predicted octanol–water partition coefficient (Wildman–Crippen LogP) is 4.92. The molecule has 2 aromatic carbocycles. The molecule has 4 unspecified atom stereocenters. The Balaban J connectivity index is 1.51. The number of aliphatic hydroxyl groups excluding tert-OH is 2. The Morgan fingerprint density at radius 3 is 2.44 bits per heavy atom. The number of hydrogen-bond acceptors (Lipinski definition) is 3. The van der Waals surface area contributed by atoms with Gasteiger partial charge in [0.15, 0.2) is 0 Å². The largest absolute Gasteiger partial charge is 0.457 e. The van der Waals surface area contributed by atoms with Gasteiger partial charge in [0.05, 0.1) is 6.61 Å². The lowest BCUT2D eigenvalue weighted by atomic mass is 9.74. The molecule has 2 fully saturated rings. The van der Waals surface area contributed by atoms with Crippen LogP contribution < -0.4 is 4.74 Å². The van der Waals surface area contributed by atoms with Crippen molar-refractivity contribution in [2.75, 3.05) is 13.2 Å². The van der Waals surface area contributed by atoms with E-state index in [0.29, 0.717) is 18.4 Å². The quantitative estimate of drug-likeness (QED) is 0.731. The van der Waals surface area contributed by atoms with Crippen molar-refractivity contribution >= 4 is 0 Å². The number of rotatable bonds is 7. The highest BCUT2D eigenvalue weighted by atomic mass is 16.5. The van der Waals surface area contributed by atoms with Crippen LogP contribution in [0.3, 0.4) is 0 Å². The molecule has 3 nitrogen and oxygen atoms in total. The highest BCUT2D eigenvalue weighted by Gasteiger charge is 2.50. The van der Waals surface area contributed by atoms with Crippen molar-refractivity contribution in [2.45, 2.75) is 44.4 Å². The van der Waals surface area contributed by atoms with Crippen LogP contribution in [0.1, 0.15) is 44.6 Å². The van der Waals surface area contributed by atoms with Gasteiger partial charge in [0, 0.05) is 12.0 Å². The Labute approximate surface area is 162 Å². The van der Waals surface area contributed by atoms with Crippen molar-refractivity contribution < 1.29 is 14.9 Å². The van der Waals surface area contributed by atoms with Crippen LogP contribution in [-0.4, -0.2) is 23.4 Å². The molecule has 2 N–H and O–H groups in total. The van der Waals surface area contributed by atoms with Crippen LogP contribution in [0.25, 0.3) is 0 Å². The SMILES string of the molecule is CC1(CC2CC2CO)CCC(CO)(c2cccc(Oc3ccccc3)c2)C1. The summed E-state index contributed by atoms with van der Waals surface area (Å²) in [5.41, 5.74) is 1.24. The van der Waals surface area contributed by atoms with E-state index in [1.807, 2.05) is 42.5 Å². The van der Waals surface area contributed by atoms with Gasteiger partial charge in [0.2, 0.25) is 0 Å². The summed E-state index contributed by atoms with van der Waals surface area (Å²) in [4.78, 5) is 0. The van der Waals surface area contributed by atoms with Crippen molar-refractivity contribution in [2.24, 2.45) is 17.3 Å². The number of benzene rings is 2. The van der Waals surface area contributed by atoms with Crippen molar-refractivity contribution in [3.05, 3.63) is 60.2 Å². The molecule has 27 heavy (non-hydrogen) atoms. The standard InChI is InChI=1S/C24H30O3/c1-23(14-18-12-19(18)15-25)10-11-24(16-23,17-26)20-6-5-9-22(13-20)27-21-7-3-2-4-8-21/h2-9,13,18-19,25-26H,10-12,14-17H2,1H3. The number of para-hydroxylation sites is 1. The summed E-state index contributed by atoms with van der Waals surface area (Å²) < 4.78 is 6.01. The van der Waals surface area contributed by atoms with Gasteiger partial charge in [-0.2, -0.15) is 0 Å². The molecule has 2 aromatic rings. The van der Waals surface area contributed by atoms with Crippen LogP contribution in [0.5, 0.6) is 11.5 Å². The van der Waals surface area contributed by atoms with E-state index in [4.69, 9.17) is 4.74 Å². The summed E-state index contributed by atoms with van der Waals surface area (Å²) >= 11 is 0. The molecule has 0 spiro atoms. The third-order valence-corrected chi connectivity index (χ3v) is 6.76.